The highest BCUT2D eigenvalue weighted by molar-refractivity contribution is 7.13. The average molecular weight is 331 g/mol. The second-order valence-electron chi connectivity index (χ2n) is 6.52. The van der Waals surface area contributed by atoms with Crippen molar-refractivity contribution in [1.82, 2.24) is 10.3 Å². The van der Waals surface area contributed by atoms with Gasteiger partial charge in [0.15, 0.2) is 5.13 Å². The fourth-order valence-electron chi connectivity index (χ4n) is 3.98. The third-order valence-electron chi connectivity index (χ3n) is 5.22. The molecular formula is C18H22FN3S. The van der Waals surface area contributed by atoms with Gasteiger partial charge in [0, 0.05) is 37.0 Å². The summed E-state index contributed by atoms with van der Waals surface area (Å²) < 4.78 is 14.5. The molecule has 0 amide bonds. The van der Waals surface area contributed by atoms with Gasteiger partial charge in [0.2, 0.25) is 0 Å². The van der Waals surface area contributed by atoms with Gasteiger partial charge in [0.1, 0.15) is 5.82 Å². The Morgan fingerprint density at radius 2 is 1.87 bits per heavy atom. The molecular weight excluding hydrogens is 309 g/mol. The van der Waals surface area contributed by atoms with Gasteiger partial charge >= 0.3 is 0 Å². The van der Waals surface area contributed by atoms with Gasteiger partial charge in [-0.15, -0.1) is 11.3 Å². The van der Waals surface area contributed by atoms with E-state index in [1.165, 1.54) is 0 Å². The summed E-state index contributed by atoms with van der Waals surface area (Å²) in [5.74, 6) is -0.0916. The number of hydrogen-bond acceptors (Lipinski definition) is 4. The molecule has 23 heavy (non-hydrogen) atoms. The zero-order chi connectivity index (χ0) is 15.7. The van der Waals surface area contributed by atoms with Crippen LogP contribution >= 0.6 is 11.3 Å². The molecule has 1 N–H and O–H groups in total. The molecule has 122 valence electrons. The molecule has 4 rings (SSSR count). The third kappa shape index (κ3) is 2.66. The highest BCUT2D eigenvalue weighted by atomic mass is 32.1. The first-order valence-corrected chi connectivity index (χ1v) is 9.34. The van der Waals surface area contributed by atoms with Gasteiger partial charge in [-0.3, -0.25) is 0 Å². The van der Waals surface area contributed by atoms with Crippen LogP contribution in [-0.2, 0) is 5.41 Å². The molecule has 0 unspecified atom stereocenters. The lowest BCUT2D eigenvalue weighted by molar-refractivity contribution is 0.480. The number of nitrogens with zero attached hydrogens (tertiary/aromatic N) is 2. The first-order chi connectivity index (χ1) is 11.3. The van der Waals surface area contributed by atoms with Gasteiger partial charge in [-0.25, -0.2) is 9.37 Å². The summed E-state index contributed by atoms with van der Waals surface area (Å²) in [7, 11) is 0. The molecule has 0 radical (unpaired) electrons. The maximum Gasteiger partial charge on any atom is 0.185 e. The number of halogens is 1. The van der Waals surface area contributed by atoms with E-state index in [4.69, 9.17) is 4.98 Å². The third-order valence-corrected chi connectivity index (χ3v) is 6.12. The summed E-state index contributed by atoms with van der Waals surface area (Å²) in [4.78, 5) is 7.30. The van der Waals surface area contributed by atoms with Gasteiger partial charge < -0.3 is 10.2 Å². The molecule has 1 saturated carbocycles. The van der Waals surface area contributed by atoms with E-state index in [-0.39, 0.29) is 11.2 Å². The Kier molecular flexibility index (Phi) is 4.07. The lowest BCUT2D eigenvalue weighted by Crippen LogP contribution is -2.43. The number of benzene rings is 1. The van der Waals surface area contributed by atoms with Crippen LogP contribution in [0.15, 0.2) is 29.6 Å². The fraction of sp³-hybridized carbons (Fsp3) is 0.500. The van der Waals surface area contributed by atoms with E-state index in [0.29, 0.717) is 0 Å². The fourth-order valence-corrected chi connectivity index (χ4v) is 4.95. The molecule has 1 aromatic heterocycles. The number of anilines is 1. The van der Waals surface area contributed by atoms with E-state index in [9.17, 15) is 4.39 Å². The summed E-state index contributed by atoms with van der Waals surface area (Å²) in [6.45, 7) is 4.01. The number of rotatable bonds is 3. The number of nitrogens with one attached hydrogen (secondary N) is 1. The van der Waals surface area contributed by atoms with Crippen molar-refractivity contribution in [2.45, 2.75) is 31.1 Å². The van der Waals surface area contributed by atoms with Crippen LogP contribution in [0.25, 0.3) is 0 Å². The van der Waals surface area contributed by atoms with Crippen LogP contribution in [0.1, 0.15) is 36.9 Å². The summed E-state index contributed by atoms with van der Waals surface area (Å²) in [5.41, 5.74) is 1.67. The molecule has 2 fully saturated rings. The van der Waals surface area contributed by atoms with Crippen LogP contribution in [0.3, 0.4) is 0 Å². The molecule has 1 aromatic carbocycles. The van der Waals surface area contributed by atoms with Crippen LogP contribution in [0, 0.1) is 5.82 Å². The lowest BCUT2D eigenvalue weighted by Gasteiger charge is -2.29. The predicted octanol–water partition coefficient (Wildman–Crippen LogP) is 3.55. The minimum atomic E-state index is -0.228. The van der Waals surface area contributed by atoms with Crippen molar-refractivity contribution in [2.24, 2.45) is 0 Å². The highest BCUT2D eigenvalue weighted by Gasteiger charge is 2.41. The predicted molar refractivity (Wildman–Crippen MR) is 92.8 cm³/mol. The summed E-state index contributed by atoms with van der Waals surface area (Å²) in [6, 6.07) is 7.25. The Hall–Kier alpha value is -1.46. The zero-order valence-corrected chi connectivity index (χ0v) is 14.0. The van der Waals surface area contributed by atoms with Crippen molar-refractivity contribution >= 4 is 16.5 Å². The van der Waals surface area contributed by atoms with Crippen LogP contribution in [0.4, 0.5) is 9.52 Å². The second-order valence-corrected chi connectivity index (χ2v) is 7.36. The Labute approximate surface area is 140 Å². The average Bonchev–Trinajstić information content (AvgIpc) is 3.26. The minimum Gasteiger partial charge on any atom is -0.346 e. The topological polar surface area (TPSA) is 28.2 Å². The second kappa shape index (κ2) is 6.21. The Balaban J connectivity index is 1.71. The van der Waals surface area contributed by atoms with Crippen molar-refractivity contribution < 1.29 is 4.39 Å². The van der Waals surface area contributed by atoms with Crippen LogP contribution < -0.4 is 10.2 Å². The molecule has 5 heteroatoms. The largest absolute Gasteiger partial charge is 0.346 e. The quantitative estimate of drug-likeness (QED) is 0.932. The molecule has 1 aliphatic heterocycles. The highest BCUT2D eigenvalue weighted by Crippen LogP contribution is 2.47. The van der Waals surface area contributed by atoms with E-state index >= 15 is 0 Å². The number of piperazine rings is 1. The van der Waals surface area contributed by atoms with Crippen molar-refractivity contribution in [2.75, 3.05) is 31.1 Å². The Bertz CT molecular complexity index is 672. The van der Waals surface area contributed by atoms with Crippen LogP contribution in [-0.4, -0.2) is 31.2 Å². The SMILES string of the molecule is Fc1ccccc1C1(c2csc(N3CCNCC3)n2)CCCC1. The molecule has 2 heterocycles. The number of hydrogen-bond donors (Lipinski definition) is 1. The summed E-state index contributed by atoms with van der Waals surface area (Å²) in [6.07, 6.45) is 4.29. The maximum atomic E-state index is 14.5. The molecule has 0 atom stereocenters. The van der Waals surface area contributed by atoms with Gasteiger partial charge in [0.05, 0.1) is 5.69 Å². The Morgan fingerprint density at radius 1 is 1.13 bits per heavy atom. The number of thiazole rings is 1. The van der Waals surface area contributed by atoms with Crippen molar-refractivity contribution in [3.05, 3.63) is 46.7 Å². The van der Waals surface area contributed by atoms with E-state index in [2.05, 4.69) is 15.6 Å². The van der Waals surface area contributed by atoms with E-state index in [1.807, 2.05) is 12.1 Å². The molecule has 1 saturated heterocycles. The first kappa shape index (κ1) is 15.1. The van der Waals surface area contributed by atoms with E-state index < -0.39 is 0 Å². The van der Waals surface area contributed by atoms with E-state index in [0.717, 1.165) is 68.3 Å². The van der Waals surface area contributed by atoms with Crippen LogP contribution in [0.2, 0.25) is 0 Å². The Morgan fingerprint density at radius 3 is 2.61 bits per heavy atom. The van der Waals surface area contributed by atoms with Gasteiger partial charge in [-0.1, -0.05) is 31.0 Å². The van der Waals surface area contributed by atoms with Crippen LogP contribution in [0.5, 0.6) is 0 Å². The molecule has 2 aliphatic rings. The molecule has 0 bridgehead atoms. The van der Waals surface area contributed by atoms with Crippen molar-refractivity contribution in [3.63, 3.8) is 0 Å². The van der Waals surface area contributed by atoms with Crippen molar-refractivity contribution in [3.8, 4) is 0 Å². The molecule has 1 aliphatic carbocycles. The lowest BCUT2D eigenvalue weighted by atomic mass is 9.76. The molecule has 2 aromatic rings. The van der Waals surface area contributed by atoms with Gasteiger partial charge in [-0.2, -0.15) is 0 Å². The zero-order valence-electron chi connectivity index (χ0n) is 13.2. The smallest absolute Gasteiger partial charge is 0.185 e. The van der Waals surface area contributed by atoms with Gasteiger partial charge in [0.25, 0.3) is 0 Å². The maximum absolute atomic E-state index is 14.5. The van der Waals surface area contributed by atoms with Crippen molar-refractivity contribution in [1.29, 1.82) is 0 Å². The van der Waals surface area contributed by atoms with Gasteiger partial charge in [-0.05, 0) is 24.5 Å². The van der Waals surface area contributed by atoms with E-state index in [1.54, 1.807) is 23.5 Å². The number of aromatic nitrogens is 1. The minimum absolute atomic E-state index is 0.0916. The molecule has 3 nitrogen and oxygen atoms in total. The monoisotopic (exact) mass is 331 g/mol. The first-order valence-electron chi connectivity index (χ1n) is 8.46. The molecule has 0 spiro atoms. The summed E-state index contributed by atoms with van der Waals surface area (Å²) in [5, 5.41) is 6.62. The normalized spacial score (nSPS) is 20.8. The summed E-state index contributed by atoms with van der Waals surface area (Å²) >= 11 is 1.71. The standard InChI is InChI=1S/C18H22FN3S/c19-15-6-2-1-5-14(15)18(7-3-4-8-18)16-13-23-17(21-16)22-11-9-20-10-12-22/h1-2,5-6,13,20H,3-4,7-12H2.